The van der Waals surface area contributed by atoms with Crippen molar-refractivity contribution in [3.8, 4) is 5.75 Å². The van der Waals surface area contributed by atoms with E-state index in [4.69, 9.17) is 21.3 Å². The van der Waals surface area contributed by atoms with Crippen molar-refractivity contribution >= 4 is 34.3 Å². The highest BCUT2D eigenvalue weighted by atomic mass is 35.5. The minimum atomic E-state index is -1.57. The molecule has 2 N–H and O–H groups in total. The second-order valence-electron chi connectivity index (χ2n) is 11.7. The monoisotopic (exact) mass is 613 g/mol. The van der Waals surface area contributed by atoms with Crippen molar-refractivity contribution < 1.29 is 18.8 Å². The van der Waals surface area contributed by atoms with Crippen LogP contribution in [0.4, 0.5) is 5.82 Å². The summed E-state index contributed by atoms with van der Waals surface area (Å²) in [5.41, 5.74) is 2.60. The summed E-state index contributed by atoms with van der Waals surface area (Å²) in [6, 6.07) is 9.48. The van der Waals surface area contributed by atoms with Crippen LogP contribution in [-0.4, -0.2) is 51.3 Å². The Morgan fingerprint density at radius 3 is 2.74 bits per heavy atom. The summed E-state index contributed by atoms with van der Waals surface area (Å²) in [5, 5.41) is 11.0. The van der Waals surface area contributed by atoms with E-state index in [0.29, 0.717) is 37.7 Å². The smallest absolute Gasteiger partial charge is 0.281 e. The molecule has 0 spiro atoms. The van der Waals surface area contributed by atoms with Crippen LogP contribution in [0.15, 0.2) is 55.6 Å². The average molecular weight is 614 g/mol. The molecule has 1 saturated carbocycles. The molecule has 2 aliphatic rings. The van der Waals surface area contributed by atoms with E-state index in [1.165, 1.54) is 11.1 Å². The third-order valence-corrected chi connectivity index (χ3v) is 10.6. The number of allylic oxidation sites excluding steroid dienone is 1. The molecule has 2 aromatic rings. The molecular formula is C33H44ClN3O4S. The van der Waals surface area contributed by atoms with Gasteiger partial charge in [0.05, 0.1) is 18.0 Å². The molecule has 1 aromatic heterocycles. The van der Waals surface area contributed by atoms with Gasteiger partial charge in [-0.25, -0.2) is 9.19 Å². The molecule has 42 heavy (non-hydrogen) atoms. The van der Waals surface area contributed by atoms with Crippen molar-refractivity contribution in [3.05, 3.63) is 77.5 Å². The van der Waals surface area contributed by atoms with Crippen molar-refractivity contribution in [2.45, 2.75) is 70.1 Å². The molecule has 0 bridgehead atoms. The average Bonchev–Trinajstić information content (AvgIpc) is 3.14. The molecule has 7 atom stereocenters. The number of hydrogen-bond donors (Lipinski definition) is 2. The Labute approximate surface area is 258 Å². The number of anilines is 1. The van der Waals surface area contributed by atoms with Gasteiger partial charge in [0.25, 0.3) is 5.91 Å². The number of aryl methyl sites for hydroxylation is 1. The number of halogens is 1. The van der Waals surface area contributed by atoms with E-state index < -0.39 is 23.0 Å². The molecule has 0 radical (unpaired) electrons. The minimum absolute atomic E-state index is 0.0536. The van der Waals surface area contributed by atoms with Gasteiger partial charge in [0.15, 0.2) is 11.6 Å². The number of carbonyl (C=O) groups excluding carboxylic acids is 1. The summed E-state index contributed by atoms with van der Waals surface area (Å²) >= 11 is 6.37. The van der Waals surface area contributed by atoms with Gasteiger partial charge in [0.2, 0.25) is 0 Å². The second-order valence-corrected chi connectivity index (χ2v) is 13.7. The van der Waals surface area contributed by atoms with Crippen LogP contribution in [0.1, 0.15) is 74.0 Å². The molecule has 1 aliphatic carbocycles. The van der Waals surface area contributed by atoms with Crippen LogP contribution in [0.3, 0.4) is 0 Å². The van der Waals surface area contributed by atoms with E-state index in [1.807, 2.05) is 26.0 Å². The Hall–Kier alpha value is -2.68. The first-order valence-corrected chi connectivity index (χ1v) is 16.6. The van der Waals surface area contributed by atoms with Crippen LogP contribution < -0.4 is 14.4 Å². The standard InChI is InChI=1S/C33H44ClN3O4S/c1-6-9-21(4)22(5)42(40)36-33(39)29-15-16-31-32(35-29)37(18-24-11-13-28(24)30(38)8-3)19-25(20-41-31)27-14-12-26(34)17-23(27)10-7-2/h6,8,12,14-17,21-22,24-25,28,30,38H,1,3,7,9-11,13,18-20H2,2,4-5H3,(H,36,39). The number of fused-ring (bicyclic) bond motifs is 1. The maximum absolute atomic E-state index is 13.2. The van der Waals surface area contributed by atoms with Crippen LogP contribution in [0.2, 0.25) is 5.02 Å². The molecule has 2 heterocycles. The maximum Gasteiger partial charge on any atom is 0.281 e. The van der Waals surface area contributed by atoms with Crippen molar-refractivity contribution in [1.82, 2.24) is 9.71 Å². The summed E-state index contributed by atoms with van der Waals surface area (Å²) < 4.78 is 21.9. The summed E-state index contributed by atoms with van der Waals surface area (Å²) in [6.07, 6.45) is 7.42. The quantitative estimate of drug-likeness (QED) is 0.260. The van der Waals surface area contributed by atoms with Crippen molar-refractivity contribution in [2.75, 3.05) is 24.6 Å². The number of ether oxygens (including phenoxy) is 1. The number of nitrogens with zero attached hydrogens (tertiary/aromatic N) is 2. The van der Waals surface area contributed by atoms with E-state index in [-0.39, 0.29) is 34.6 Å². The number of aromatic nitrogens is 1. The highest BCUT2D eigenvalue weighted by Crippen LogP contribution is 2.41. The summed E-state index contributed by atoms with van der Waals surface area (Å²) in [5.74, 6) is 1.26. The van der Waals surface area contributed by atoms with Crippen LogP contribution >= 0.6 is 11.6 Å². The molecule has 1 fully saturated rings. The molecular weight excluding hydrogens is 570 g/mol. The first kappa shape index (κ1) is 32.2. The van der Waals surface area contributed by atoms with Crippen molar-refractivity contribution in [2.24, 2.45) is 17.8 Å². The second kappa shape index (κ2) is 14.7. The van der Waals surface area contributed by atoms with Crippen LogP contribution in [-0.2, 0) is 17.4 Å². The van der Waals surface area contributed by atoms with Gasteiger partial charge < -0.3 is 14.7 Å². The molecule has 228 valence electrons. The topological polar surface area (TPSA) is 91.8 Å². The number of nitrogens with one attached hydrogen (secondary N) is 1. The summed E-state index contributed by atoms with van der Waals surface area (Å²) in [4.78, 5) is 20.2. The molecule has 1 amide bonds. The van der Waals surface area contributed by atoms with Gasteiger partial charge >= 0.3 is 0 Å². The molecule has 1 aliphatic heterocycles. The predicted octanol–water partition coefficient (Wildman–Crippen LogP) is 6.24. The fraction of sp³-hybridized carbons (Fsp3) is 0.515. The van der Waals surface area contributed by atoms with Crippen molar-refractivity contribution in [3.63, 3.8) is 0 Å². The zero-order valence-corrected chi connectivity index (χ0v) is 26.5. The number of amides is 1. The lowest BCUT2D eigenvalue weighted by molar-refractivity contribution is 0.0464. The van der Waals surface area contributed by atoms with Gasteiger partial charge in [-0.2, -0.15) is 0 Å². The zero-order chi connectivity index (χ0) is 30.4. The maximum atomic E-state index is 13.2. The van der Waals surface area contributed by atoms with Crippen LogP contribution in [0.25, 0.3) is 0 Å². The number of carbonyl (C=O) groups is 1. The lowest BCUT2D eigenvalue weighted by Crippen LogP contribution is -2.44. The molecule has 0 saturated heterocycles. The fourth-order valence-electron chi connectivity index (χ4n) is 5.94. The van der Waals surface area contributed by atoms with Gasteiger partial charge in [-0.3, -0.25) is 9.52 Å². The Bertz CT molecular complexity index is 1300. The Morgan fingerprint density at radius 1 is 1.29 bits per heavy atom. The first-order chi connectivity index (χ1) is 20.2. The van der Waals surface area contributed by atoms with Crippen LogP contribution in [0, 0.1) is 17.8 Å². The Balaban J connectivity index is 1.63. The van der Waals surface area contributed by atoms with E-state index in [0.717, 1.165) is 30.7 Å². The van der Waals surface area contributed by atoms with Crippen molar-refractivity contribution in [1.29, 1.82) is 0 Å². The zero-order valence-electron chi connectivity index (χ0n) is 24.9. The van der Waals surface area contributed by atoms with E-state index >= 15 is 0 Å². The number of benzene rings is 1. The summed E-state index contributed by atoms with van der Waals surface area (Å²) in [6.45, 7) is 15.3. The highest BCUT2D eigenvalue weighted by Gasteiger charge is 2.38. The molecule has 7 nitrogen and oxygen atoms in total. The van der Waals surface area contributed by atoms with Crippen LogP contribution in [0.5, 0.6) is 5.75 Å². The number of aliphatic hydroxyl groups excluding tert-OH is 1. The normalized spacial score (nSPS) is 22.8. The number of pyridine rings is 1. The van der Waals surface area contributed by atoms with Gasteiger partial charge in [-0.15, -0.1) is 13.2 Å². The number of hydrogen-bond acceptors (Lipinski definition) is 6. The Morgan fingerprint density at radius 2 is 2.07 bits per heavy atom. The van der Waals surface area contributed by atoms with Gasteiger partial charge in [-0.1, -0.05) is 50.1 Å². The van der Waals surface area contributed by atoms with E-state index in [1.54, 1.807) is 24.3 Å². The van der Waals surface area contributed by atoms with Gasteiger partial charge in [0.1, 0.15) is 16.7 Å². The molecule has 4 rings (SSSR count). The predicted molar refractivity (Wildman–Crippen MR) is 172 cm³/mol. The van der Waals surface area contributed by atoms with Gasteiger partial charge in [0, 0.05) is 24.0 Å². The van der Waals surface area contributed by atoms with E-state index in [2.05, 4.69) is 35.8 Å². The highest BCUT2D eigenvalue weighted by molar-refractivity contribution is 7.84. The SMILES string of the molecule is C=CCC(C)C(C)S(=O)NC(=O)c1ccc2c(n1)N(CC1CCC1C(O)C=C)CC(c1ccc(Cl)cc1CCC)CO2. The van der Waals surface area contributed by atoms with E-state index in [9.17, 15) is 14.1 Å². The lowest BCUT2D eigenvalue weighted by Gasteiger charge is -2.42. The van der Waals surface area contributed by atoms with Gasteiger partial charge in [-0.05, 0) is 85.8 Å². The minimum Gasteiger partial charge on any atom is -0.489 e. The fourth-order valence-corrected chi connectivity index (χ4v) is 7.14. The molecule has 1 aromatic carbocycles. The molecule has 7 unspecified atom stereocenters. The lowest BCUT2D eigenvalue weighted by atomic mass is 9.70. The first-order valence-electron chi connectivity index (χ1n) is 15.0. The molecule has 9 heteroatoms. The third kappa shape index (κ3) is 7.44. The number of aliphatic hydroxyl groups is 1. The third-order valence-electron chi connectivity index (χ3n) is 8.80. The Kier molecular flexibility index (Phi) is 11.3. The largest absolute Gasteiger partial charge is 0.489 e. The summed E-state index contributed by atoms with van der Waals surface area (Å²) in [7, 11) is -1.57. The number of rotatable bonds is 13.